The molecule has 0 aromatic heterocycles. The molecular formula is C11H19N3O6. The number of carbonyl (C=O) groups excluding carboxylic acids is 2. The lowest BCUT2D eigenvalue weighted by Crippen LogP contribution is -2.45. The molecule has 0 aromatic rings. The van der Waals surface area contributed by atoms with Crippen LogP contribution >= 0.6 is 0 Å². The molecule has 0 rings (SSSR count). The number of rotatable bonds is 10. The van der Waals surface area contributed by atoms with Gasteiger partial charge in [-0.3, -0.25) is 14.4 Å². The van der Waals surface area contributed by atoms with E-state index < -0.39 is 23.9 Å². The van der Waals surface area contributed by atoms with Crippen molar-refractivity contribution in [2.45, 2.75) is 31.7 Å². The van der Waals surface area contributed by atoms with Gasteiger partial charge in [0.2, 0.25) is 11.8 Å². The molecule has 1 unspecified atom stereocenters. The minimum atomic E-state index is -1.32. The second-order valence-corrected chi connectivity index (χ2v) is 4.06. The average Bonchev–Trinajstić information content (AvgIpc) is 2.38. The second-order valence-electron chi connectivity index (χ2n) is 4.06. The predicted octanol–water partition coefficient (Wildman–Crippen LogP) is -1.72. The first-order valence-electron chi connectivity index (χ1n) is 6.07. The Morgan fingerprint density at radius 1 is 1.05 bits per heavy atom. The Labute approximate surface area is 115 Å². The van der Waals surface area contributed by atoms with Crippen molar-refractivity contribution in [3.63, 3.8) is 0 Å². The first-order valence-corrected chi connectivity index (χ1v) is 6.07. The monoisotopic (exact) mass is 289 g/mol. The number of carboxylic acids is 2. The van der Waals surface area contributed by atoms with Crippen LogP contribution in [0.15, 0.2) is 0 Å². The third-order valence-corrected chi connectivity index (χ3v) is 2.33. The molecule has 0 spiro atoms. The molecule has 0 heterocycles. The molecule has 0 aliphatic carbocycles. The number of aliphatic carboxylic acids is 2. The molecule has 0 fully saturated rings. The number of nitrogens with one attached hydrogen (secondary N) is 2. The molecule has 0 radical (unpaired) electrons. The molecule has 0 aliphatic rings. The first-order chi connectivity index (χ1) is 9.36. The Balaban J connectivity index is 4.10. The first kappa shape index (κ1) is 17.8. The lowest BCUT2D eigenvalue weighted by atomic mass is 10.1. The van der Waals surface area contributed by atoms with Crippen LogP contribution in [-0.4, -0.2) is 53.1 Å². The van der Waals surface area contributed by atoms with Gasteiger partial charge in [-0.1, -0.05) is 0 Å². The fourth-order valence-corrected chi connectivity index (χ4v) is 1.30. The van der Waals surface area contributed by atoms with Gasteiger partial charge in [-0.15, -0.1) is 0 Å². The van der Waals surface area contributed by atoms with Crippen LogP contribution < -0.4 is 16.4 Å². The van der Waals surface area contributed by atoms with Crippen LogP contribution in [0.5, 0.6) is 0 Å². The molecular weight excluding hydrogens is 270 g/mol. The topological polar surface area (TPSA) is 159 Å². The molecule has 0 saturated carbocycles. The van der Waals surface area contributed by atoms with E-state index in [0.29, 0.717) is 13.0 Å². The SMILES string of the molecule is NCCCC(=O)NCC(=O)NC(CCC(=O)O)C(=O)O. The van der Waals surface area contributed by atoms with Gasteiger partial charge < -0.3 is 26.6 Å². The maximum atomic E-state index is 11.4. The van der Waals surface area contributed by atoms with E-state index in [9.17, 15) is 19.2 Å². The summed E-state index contributed by atoms with van der Waals surface area (Å²) in [6, 6.07) is -1.29. The highest BCUT2D eigenvalue weighted by molar-refractivity contribution is 5.88. The van der Waals surface area contributed by atoms with Gasteiger partial charge in [-0.25, -0.2) is 4.79 Å². The minimum absolute atomic E-state index is 0.186. The molecule has 6 N–H and O–H groups in total. The normalized spacial score (nSPS) is 11.4. The van der Waals surface area contributed by atoms with Crippen LogP contribution in [0.2, 0.25) is 0 Å². The lowest BCUT2D eigenvalue weighted by molar-refractivity contribution is -0.142. The van der Waals surface area contributed by atoms with Crippen LogP contribution in [0.4, 0.5) is 0 Å². The van der Waals surface area contributed by atoms with E-state index in [1.165, 1.54) is 0 Å². The number of nitrogens with two attached hydrogens (primary N) is 1. The van der Waals surface area contributed by atoms with Gasteiger partial charge in [-0.05, 0) is 19.4 Å². The molecule has 20 heavy (non-hydrogen) atoms. The number of amides is 2. The second kappa shape index (κ2) is 9.73. The summed E-state index contributed by atoms with van der Waals surface area (Å²) in [5.41, 5.74) is 5.22. The van der Waals surface area contributed by atoms with Crippen LogP contribution in [0, 0.1) is 0 Å². The highest BCUT2D eigenvalue weighted by Gasteiger charge is 2.20. The summed E-state index contributed by atoms with van der Waals surface area (Å²) in [6.45, 7) is -0.00382. The number of hydrogen-bond donors (Lipinski definition) is 5. The predicted molar refractivity (Wildman–Crippen MR) is 67.7 cm³/mol. The number of carbonyl (C=O) groups is 4. The molecule has 114 valence electrons. The van der Waals surface area contributed by atoms with Crippen LogP contribution in [0.3, 0.4) is 0 Å². The van der Waals surface area contributed by atoms with E-state index in [1.807, 2.05) is 0 Å². The summed E-state index contributed by atoms with van der Waals surface area (Å²) < 4.78 is 0. The van der Waals surface area contributed by atoms with Crippen molar-refractivity contribution in [2.75, 3.05) is 13.1 Å². The molecule has 1 atom stereocenters. The van der Waals surface area contributed by atoms with Crippen molar-refractivity contribution >= 4 is 23.8 Å². The summed E-state index contributed by atoms with van der Waals surface area (Å²) in [5, 5.41) is 21.7. The van der Waals surface area contributed by atoms with Crippen LogP contribution in [0.25, 0.3) is 0 Å². The van der Waals surface area contributed by atoms with Gasteiger partial charge in [0.25, 0.3) is 0 Å². The average molecular weight is 289 g/mol. The summed E-state index contributed by atoms with van der Waals surface area (Å²) >= 11 is 0. The molecule has 0 aliphatic heterocycles. The van der Waals surface area contributed by atoms with Crippen molar-refractivity contribution in [1.82, 2.24) is 10.6 Å². The summed E-state index contributed by atoms with van der Waals surface area (Å²) in [6.07, 6.45) is 0.0760. The molecule has 2 amide bonds. The fraction of sp³-hybridized carbons (Fsp3) is 0.636. The maximum Gasteiger partial charge on any atom is 0.326 e. The van der Waals surface area contributed by atoms with Crippen molar-refractivity contribution in [3.05, 3.63) is 0 Å². The Kier molecular flexibility index (Phi) is 8.68. The Bertz CT molecular complexity index is 371. The molecule has 0 bridgehead atoms. The quantitative estimate of drug-likeness (QED) is 0.319. The molecule has 9 heteroatoms. The Hall–Kier alpha value is -2.16. The van der Waals surface area contributed by atoms with Gasteiger partial charge in [-0.2, -0.15) is 0 Å². The zero-order chi connectivity index (χ0) is 15.5. The summed E-state index contributed by atoms with van der Waals surface area (Å²) in [5.74, 6) is -3.53. The number of hydrogen-bond acceptors (Lipinski definition) is 5. The zero-order valence-corrected chi connectivity index (χ0v) is 10.9. The van der Waals surface area contributed by atoms with Gasteiger partial charge in [0.1, 0.15) is 6.04 Å². The van der Waals surface area contributed by atoms with Gasteiger partial charge in [0.05, 0.1) is 6.54 Å². The van der Waals surface area contributed by atoms with Crippen molar-refractivity contribution in [1.29, 1.82) is 0 Å². The van der Waals surface area contributed by atoms with E-state index in [-0.39, 0.29) is 31.7 Å². The fourth-order valence-electron chi connectivity index (χ4n) is 1.30. The molecule has 0 aromatic carbocycles. The van der Waals surface area contributed by atoms with E-state index >= 15 is 0 Å². The van der Waals surface area contributed by atoms with E-state index in [1.54, 1.807) is 0 Å². The van der Waals surface area contributed by atoms with Crippen molar-refractivity contribution in [2.24, 2.45) is 5.73 Å². The Morgan fingerprint density at radius 3 is 2.20 bits per heavy atom. The van der Waals surface area contributed by atoms with Crippen LogP contribution in [-0.2, 0) is 19.2 Å². The summed E-state index contributed by atoms with van der Waals surface area (Å²) in [4.78, 5) is 43.8. The van der Waals surface area contributed by atoms with Crippen molar-refractivity contribution in [3.8, 4) is 0 Å². The number of carboxylic acid groups (broad SMARTS) is 2. The third kappa shape index (κ3) is 8.86. The Morgan fingerprint density at radius 2 is 1.70 bits per heavy atom. The van der Waals surface area contributed by atoms with E-state index in [0.717, 1.165) is 0 Å². The van der Waals surface area contributed by atoms with Gasteiger partial charge >= 0.3 is 11.9 Å². The summed E-state index contributed by atoms with van der Waals surface area (Å²) in [7, 11) is 0. The molecule has 9 nitrogen and oxygen atoms in total. The van der Waals surface area contributed by atoms with Gasteiger partial charge in [0, 0.05) is 12.8 Å². The zero-order valence-electron chi connectivity index (χ0n) is 10.9. The highest BCUT2D eigenvalue weighted by Crippen LogP contribution is 1.98. The minimum Gasteiger partial charge on any atom is -0.481 e. The largest absolute Gasteiger partial charge is 0.481 e. The maximum absolute atomic E-state index is 11.4. The lowest BCUT2D eigenvalue weighted by Gasteiger charge is -2.13. The van der Waals surface area contributed by atoms with E-state index in [2.05, 4.69) is 10.6 Å². The van der Waals surface area contributed by atoms with Crippen molar-refractivity contribution < 1.29 is 29.4 Å². The molecule has 0 saturated heterocycles. The van der Waals surface area contributed by atoms with E-state index in [4.69, 9.17) is 15.9 Å². The van der Waals surface area contributed by atoms with Gasteiger partial charge in [0.15, 0.2) is 0 Å². The standard InChI is InChI=1S/C11H19N3O6/c12-5-1-2-8(15)13-6-9(16)14-7(11(19)20)3-4-10(17)18/h7H,1-6,12H2,(H,13,15)(H,14,16)(H,17,18)(H,19,20). The highest BCUT2D eigenvalue weighted by atomic mass is 16.4. The van der Waals surface area contributed by atoms with Crippen LogP contribution in [0.1, 0.15) is 25.7 Å². The smallest absolute Gasteiger partial charge is 0.326 e. The third-order valence-electron chi connectivity index (χ3n) is 2.33.